The summed E-state index contributed by atoms with van der Waals surface area (Å²) < 4.78 is 6.35. The van der Waals surface area contributed by atoms with Crippen LogP contribution in [0.5, 0.6) is 0 Å². The van der Waals surface area contributed by atoms with Gasteiger partial charge in [0.05, 0.1) is 0 Å². The van der Waals surface area contributed by atoms with Crippen molar-refractivity contribution >= 4 is 35.2 Å². The maximum atomic E-state index is 14.9. The second-order valence-electron chi connectivity index (χ2n) is 14.6. The van der Waals surface area contributed by atoms with Gasteiger partial charge in [-0.1, -0.05) is 67.3 Å². The normalized spacial score (nSPS) is 33.1. The highest BCUT2D eigenvalue weighted by Crippen LogP contribution is 2.54. The average Bonchev–Trinajstić information content (AvgIpc) is 3.16. The number of hydrogen-bond donors (Lipinski definition) is 1. The number of ether oxygens (including phenoxy) is 1. The molecule has 240 valence electrons. The van der Waals surface area contributed by atoms with Gasteiger partial charge in [0.1, 0.15) is 18.7 Å². The van der Waals surface area contributed by atoms with Gasteiger partial charge in [0.15, 0.2) is 0 Å². The molecule has 5 aliphatic carbocycles. The second-order valence-corrected chi connectivity index (χ2v) is 15.0. The fourth-order valence-electron chi connectivity index (χ4n) is 10.1. The summed E-state index contributed by atoms with van der Waals surface area (Å²) in [6.07, 6.45) is 12.6. The first-order chi connectivity index (χ1) is 21.8. The number of rotatable bonds is 7. The predicted molar refractivity (Wildman–Crippen MR) is 175 cm³/mol. The van der Waals surface area contributed by atoms with Crippen molar-refractivity contribution in [1.82, 2.24) is 4.90 Å². The van der Waals surface area contributed by atoms with Crippen LogP contribution in [0.15, 0.2) is 54.6 Å². The molecule has 6 fully saturated rings. The molecule has 3 unspecified atom stereocenters. The first-order valence-corrected chi connectivity index (χ1v) is 17.6. The smallest absolute Gasteiger partial charge is 0.325 e. The van der Waals surface area contributed by atoms with Crippen LogP contribution in [0.1, 0.15) is 88.5 Å². The van der Waals surface area contributed by atoms with Crippen LogP contribution in [0.3, 0.4) is 0 Å². The Bertz CT molecular complexity index is 1370. The molecule has 45 heavy (non-hydrogen) atoms. The number of carbonyl (C=O) groups is 3. The molecule has 3 atom stereocenters. The quantitative estimate of drug-likeness (QED) is 0.324. The molecule has 6 aliphatic rings. The standard InChI is InChI=1S/C37H46ClN3O4/c38-30-12-7-13-31(21-30)41(37(39)44)33-20-27(25-8-3-1-4-9-25)19-32(26-10-5-2-6-11-26)40(36(33)43)22-34(42)45-35-28-15-23-14-24(17-28)18-29(35)16-23/h1,3-4,7-9,12-13,21,23-24,26-29,32-33,35H,2,5-6,10-11,14-20,22H2,(H2,39,44). The van der Waals surface area contributed by atoms with Crippen LogP contribution in [-0.4, -0.2) is 47.5 Å². The molecule has 1 heterocycles. The van der Waals surface area contributed by atoms with Gasteiger partial charge in [0.25, 0.3) is 0 Å². The summed E-state index contributed by atoms with van der Waals surface area (Å²) in [6.45, 7) is -0.0943. The highest BCUT2D eigenvalue weighted by atomic mass is 35.5. The van der Waals surface area contributed by atoms with E-state index >= 15 is 0 Å². The third-order valence-corrected chi connectivity index (χ3v) is 12.0. The number of halogens is 1. The number of likely N-dealkylation sites (tertiary alicyclic amines) is 1. The third kappa shape index (κ3) is 6.34. The first-order valence-electron chi connectivity index (χ1n) is 17.2. The minimum Gasteiger partial charge on any atom is -0.460 e. The zero-order chi connectivity index (χ0) is 31.1. The van der Waals surface area contributed by atoms with E-state index in [-0.39, 0.29) is 42.4 Å². The maximum absolute atomic E-state index is 14.9. The van der Waals surface area contributed by atoms with Gasteiger partial charge in [-0.3, -0.25) is 14.5 Å². The van der Waals surface area contributed by atoms with Crippen LogP contribution in [0.4, 0.5) is 10.5 Å². The number of anilines is 1. The number of primary amides is 1. The minimum absolute atomic E-state index is 0.00134. The largest absolute Gasteiger partial charge is 0.460 e. The number of nitrogens with two attached hydrogens (primary N) is 1. The molecule has 1 aliphatic heterocycles. The van der Waals surface area contributed by atoms with E-state index in [0.29, 0.717) is 29.0 Å². The van der Waals surface area contributed by atoms with E-state index in [1.165, 1.54) is 17.7 Å². The zero-order valence-electron chi connectivity index (χ0n) is 26.1. The fourth-order valence-corrected chi connectivity index (χ4v) is 10.3. The lowest BCUT2D eigenvalue weighted by Crippen LogP contribution is -2.56. The molecule has 0 radical (unpaired) electrons. The first kappa shape index (κ1) is 30.6. The van der Waals surface area contributed by atoms with E-state index in [4.69, 9.17) is 22.1 Å². The van der Waals surface area contributed by atoms with Gasteiger partial charge in [-0.25, -0.2) is 4.79 Å². The molecular formula is C37H46ClN3O4. The molecule has 1 saturated heterocycles. The van der Waals surface area contributed by atoms with Crippen molar-refractivity contribution in [3.05, 3.63) is 65.2 Å². The number of nitrogens with zero attached hydrogens (tertiary/aromatic N) is 2. The van der Waals surface area contributed by atoms with Crippen molar-refractivity contribution in [2.45, 2.75) is 101 Å². The summed E-state index contributed by atoms with van der Waals surface area (Å²) in [4.78, 5) is 45.2. The Morgan fingerprint density at radius 3 is 2.18 bits per heavy atom. The summed E-state index contributed by atoms with van der Waals surface area (Å²) in [5.41, 5.74) is 7.65. The van der Waals surface area contributed by atoms with Gasteiger partial charge in [-0.2, -0.15) is 0 Å². The van der Waals surface area contributed by atoms with E-state index in [0.717, 1.165) is 75.2 Å². The molecule has 2 aromatic carbocycles. The molecule has 8 rings (SSSR count). The lowest BCUT2D eigenvalue weighted by atomic mass is 9.55. The summed E-state index contributed by atoms with van der Waals surface area (Å²) in [7, 11) is 0. The predicted octanol–water partition coefficient (Wildman–Crippen LogP) is 7.32. The average molecular weight is 632 g/mol. The molecule has 3 amide bonds. The Hall–Kier alpha value is -3.06. The summed E-state index contributed by atoms with van der Waals surface area (Å²) >= 11 is 6.36. The van der Waals surface area contributed by atoms with Gasteiger partial charge in [0, 0.05) is 16.8 Å². The monoisotopic (exact) mass is 631 g/mol. The Kier molecular flexibility index (Phi) is 8.82. The van der Waals surface area contributed by atoms with E-state index in [2.05, 4.69) is 12.1 Å². The zero-order valence-corrected chi connectivity index (χ0v) is 26.8. The van der Waals surface area contributed by atoms with Gasteiger partial charge >= 0.3 is 12.0 Å². The van der Waals surface area contributed by atoms with Crippen LogP contribution < -0.4 is 10.6 Å². The number of benzene rings is 2. The maximum Gasteiger partial charge on any atom is 0.325 e. The van der Waals surface area contributed by atoms with E-state index in [9.17, 15) is 14.4 Å². The fraction of sp³-hybridized carbons (Fsp3) is 0.595. The van der Waals surface area contributed by atoms with Crippen LogP contribution in [0.25, 0.3) is 0 Å². The molecule has 2 aromatic rings. The minimum atomic E-state index is -0.881. The van der Waals surface area contributed by atoms with E-state index < -0.39 is 12.1 Å². The molecule has 2 N–H and O–H groups in total. The number of amides is 3. The Morgan fingerprint density at radius 1 is 0.844 bits per heavy atom. The van der Waals surface area contributed by atoms with Crippen LogP contribution in [0, 0.1) is 29.6 Å². The molecule has 7 nitrogen and oxygen atoms in total. The molecular weight excluding hydrogens is 586 g/mol. The number of urea groups is 1. The molecule has 8 heteroatoms. The van der Waals surface area contributed by atoms with Crippen LogP contribution >= 0.6 is 11.6 Å². The van der Waals surface area contributed by atoms with Gasteiger partial charge < -0.3 is 15.4 Å². The lowest BCUT2D eigenvalue weighted by molar-refractivity contribution is -0.174. The molecule has 0 spiro atoms. The van der Waals surface area contributed by atoms with Crippen molar-refractivity contribution in [2.24, 2.45) is 35.3 Å². The van der Waals surface area contributed by atoms with Crippen LogP contribution in [0.2, 0.25) is 5.02 Å². The topological polar surface area (TPSA) is 92.9 Å². The summed E-state index contributed by atoms with van der Waals surface area (Å²) in [5.74, 6) is 2.20. The highest BCUT2D eigenvalue weighted by molar-refractivity contribution is 6.31. The Labute approximate surface area is 271 Å². The summed E-state index contributed by atoms with van der Waals surface area (Å²) in [6, 6.07) is 15.5. The SMILES string of the molecule is NC(=O)N(c1cccc(Cl)c1)C1CC(c2ccccc2)CC(C2CCCCC2)N(CC(=O)OC2C3CC4CC(C3)CC2C4)C1=O. The summed E-state index contributed by atoms with van der Waals surface area (Å²) in [5, 5.41) is 0.454. The number of hydrogen-bond acceptors (Lipinski definition) is 4. The van der Waals surface area contributed by atoms with Crippen molar-refractivity contribution in [2.75, 3.05) is 11.4 Å². The van der Waals surface area contributed by atoms with Gasteiger partial charge in [-0.15, -0.1) is 0 Å². The molecule has 5 saturated carbocycles. The highest BCUT2D eigenvalue weighted by Gasteiger charge is 2.51. The Morgan fingerprint density at radius 2 is 1.53 bits per heavy atom. The third-order valence-electron chi connectivity index (χ3n) is 11.8. The molecule has 4 bridgehead atoms. The van der Waals surface area contributed by atoms with Crippen molar-refractivity contribution in [3.63, 3.8) is 0 Å². The molecule has 0 aromatic heterocycles. The van der Waals surface area contributed by atoms with E-state index in [1.807, 2.05) is 18.2 Å². The number of esters is 1. The van der Waals surface area contributed by atoms with E-state index in [1.54, 1.807) is 29.2 Å². The second kappa shape index (κ2) is 13.0. The van der Waals surface area contributed by atoms with Gasteiger partial charge in [0.2, 0.25) is 5.91 Å². The lowest BCUT2D eigenvalue weighted by Gasteiger charge is -2.53. The van der Waals surface area contributed by atoms with Gasteiger partial charge in [-0.05, 0) is 117 Å². The van der Waals surface area contributed by atoms with Crippen molar-refractivity contribution in [1.29, 1.82) is 0 Å². The van der Waals surface area contributed by atoms with Crippen LogP contribution in [-0.2, 0) is 14.3 Å². The number of carbonyl (C=O) groups excluding carboxylic acids is 3. The Balaban J connectivity index is 1.23. The van der Waals surface area contributed by atoms with Crippen molar-refractivity contribution in [3.8, 4) is 0 Å². The van der Waals surface area contributed by atoms with Crippen molar-refractivity contribution < 1.29 is 19.1 Å².